The minimum atomic E-state index is -0.279. The first-order valence-electron chi connectivity index (χ1n) is 9.09. The van der Waals surface area contributed by atoms with Crippen LogP contribution in [0.4, 0.5) is 4.39 Å². The van der Waals surface area contributed by atoms with Crippen molar-refractivity contribution < 1.29 is 4.39 Å². The number of nitrogens with zero attached hydrogens (tertiary/aromatic N) is 5. The molecule has 138 valence electrons. The Hall–Kier alpha value is -3.54. The van der Waals surface area contributed by atoms with E-state index in [0.717, 1.165) is 39.2 Å². The summed E-state index contributed by atoms with van der Waals surface area (Å²) in [4.78, 5) is 9.41. The largest absolute Gasteiger partial charge is 0.298 e. The zero-order valence-corrected chi connectivity index (χ0v) is 15.8. The van der Waals surface area contributed by atoms with Crippen molar-refractivity contribution in [3.8, 4) is 17.1 Å². The van der Waals surface area contributed by atoms with Crippen LogP contribution in [0.5, 0.6) is 0 Å². The lowest BCUT2D eigenvalue weighted by Gasteiger charge is -2.08. The van der Waals surface area contributed by atoms with E-state index in [1.165, 1.54) is 17.7 Å². The molecule has 0 unspecified atom stereocenters. The van der Waals surface area contributed by atoms with Crippen molar-refractivity contribution in [3.63, 3.8) is 0 Å². The summed E-state index contributed by atoms with van der Waals surface area (Å²) in [6, 6.07) is 14.6. The molecular formula is C22H18FN5. The van der Waals surface area contributed by atoms with Gasteiger partial charge in [0.2, 0.25) is 0 Å². The van der Waals surface area contributed by atoms with Crippen LogP contribution in [0.15, 0.2) is 54.9 Å². The topological polar surface area (TPSA) is 48.0 Å². The lowest BCUT2D eigenvalue weighted by molar-refractivity contribution is 0.628. The van der Waals surface area contributed by atoms with Crippen LogP contribution < -0.4 is 0 Å². The summed E-state index contributed by atoms with van der Waals surface area (Å²) in [5.74, 6) is 0.271. The number of benzene rings is 2. The van der Waals surface area contributed by atoms with Gasteiger partial charge in [-0.25, -0.2) is 18.9 Å². The lowest BCUT2D eigenvalue weighted by atomic mass is 10.2. The highest BCUT2D eigenvalue weighted by Gasteiger charge is 2.19. The Morgan fingerprint density at radius 2 is 1.57 bits per heavy atom. The third-order valence-corrected chi connectivity index (χ3v) is 5.23. The number of aromatic nitrogens is 5. The molecule has 0 atom stereocenters. The van der Waals surface area contributed by atoms with Crippen molar-refractivity contribution in [2.45, 2.75) is 20.8 Å². The summed E-state index contributed by atoms with van der Waals surface area (Å²) in [7, 11) is 0. The van der Waals surface area contributed by atoms with Gasteiger partial charge in [-0.15, -0.1) is 5.10 Å². The zero-order valence-electron chi connectivity index (χ0n) is 15.8. The summed E-state index contributed by atoms with van der Waals surface area (Å²) < 4.78 is 17.1. The molecule has 0 bridgehead atoms. The predicted molar refractivity (Wildman–Crippen MR) is 107 cm³/mol. The quantitative estimate of drug-likeness (QED) is 0.448. The smallest absolute Gasteiger partial charge is 0.182 e. The first-order chi connectivity index (χ1) is 13.5. The molecule has 0 radical (unpaired) electrons. The van der Waals surface area contributed by atoms with Gasteiger partial charge < -0.3 is 0 Å². The van der Waals surface area contributed by atoms with E-state index in [2.05, 4.69) is 59.7 Å². The molecule has 0 aliphatic rings. The maximum atomic E-state index is 13.2. The molecule has 5 nitrogen and oxygen atoms in total. The Morgan fingerprint density at radius 1 is 0.857 bits per heavy atom. The van der Waals surface area contributed by atoms with Crippen LogP contribution >= 0.6 is 0 Å². The van der Waals surface area contributed by atoms with E-state index in [0.29, 0.717) is 5.82 Å². The molecule has 5 aromatic rings. The Morgan fingerprint density at radius 3 is 2.29 bits per heavy atom. The van der Waals surface area contributed by atoms with Crippen LogP contribution in [0.25, 0.3) is 33.8 Å². The summed E-state index contributed by atoms with van der Waals surface area (Å²) in [5, 5.41) is 5.51. The SMILES string of the molecule is Cc1ccc(-n2c(C)c(C)c3c2ncn2nc(-c4ccc(F)cc4)nc32)cc1. The third kappa shape index (κ3) is 2.41. The van der Waals surface area contributed by atoms with Gasteiger partial charge in [0.05, 0.1) is 5.39 Å². The molecule has 0 aliphatic carbocycles. The van der Waals surface area contributed by atoms with Crippen LogP contribution in [0.1, 0.15) is 16.8 Å². The molecule has 0 saturated heterocycles. The van der Waals surface area contributed by atoms with Crippen molar-refractivity contribution in [2.24, 2.45) is 0 Å². The third-order valence-electron chi connectivity index (χ3n) is 5.23. The van der Waals surface area contributed by atoms with Gasteiger partial charge in [-0.2, -0.15) is 0 Å². The maximum absolute atomic E-state index is 13.2. The van der Waals surface area contributed by atoms with Gasteiger partial charge in [0, 0.05) is 16.9 Å². The monoisotopic (exact) mass is 371 g/mol. The van der Waals surface area contributed by atoms with Crippen LogP contribution in [-0.4, -0.2) is 24.1 Å². The fraction of sp³-hybridized carbons (Fsp3) is 0.136. The highest BCUT2D eigenvalue weighted by Crippen LogP contribution is 2.30. The Labute approximate surface area is 161 Å². The maximum Gasteiger partial charge on any atom is 0.182 e. The zero-order chi connectivity index (χ0) is 19.4. The minimum absolute atomic E-state index is 0.279. The van der Waals surface area contributed by atoms with E-state index < -0.39 is 0 Å². The second kappa shape index (κ2) is 5.99. The first-order valence-corrected chi connectivity index (χ1v) is 9.09. The second-order valence-corrected chi connectivity index (χ2v) is 7.04. The Kier molecular flexibility index (Phi) is 3.55. The van der Waals surface area contributed by atoms with Crippen LogP contribution in [0.3, 0.4) is 0 Å². The van der Waals surface area contributed by atoms with E-state index in [4.69, 9.17) is 4.98 Å². The Bertz CT molecular complexity index is 1330. The van der Waals surface area contributed by atoms with Gasteiger partial charge in [-0.05, 0) is 62.7 Å². The summed E-state index contributed by atoms with van der Waals surface area (Å²) in [5.41, 5.74) is 6.88. The average Bonchev–Trinajstić information content (AvgIpc) is 3.23. The molecule has 0 N–H and O–H groups in total. The molecule has 0 amide bonds. The van der Waals surface area contributed by atoms with Gasteiger partial charge in [-0.1, -0.05) is 17.7 Å². The molecule has 0 saturated carbocycles. The molecule has 2 aromatic carbocycles. The van der Waals surface area contributed by atoms with Crippen molar-refractivity contribution in [1.29, 1.82) is 0 Å². The molecule has 0 aliphatic heterocycles. The molecule has 5 rings (SSSR count). The first kappa shape index (κ1) is 16.6. The van der Waals surface area contributed by atoms with Crippen molar-refractivity contribution >= 4 is 16.7 Å². The number of rotatable bonds is 2. The predicted octanol–water partition coefficient (Wildman–Crippen LogP) is 4.80. The second-order valence-electron chi connectivity index (χ2n) is 7.04. The van der Waals surface area contributed by atoms with E-state index >= 15 is 0 Å². The summed E-state index contributed by atoms with van der Waals surface area (Å²) in [6.07, 6.45) is 1.68. The van der Waals surface area contributed by atoms with Gasteiger partial charge in [0.25, 0.3) is 0 Å². The van der Waals surface area contributed by atoms with Crippen LogP contribution in [0.2, 0.25) is 0 Å². The van der Waals surface area contributed by atoms with Gasteiger partial charge in [-0.3, -0.25) is 4.57 Å². The van der Waals surface area contributed by atoms with E-state index in [9.17, 15) is 4.39 Å². The van der Waals surface area contributed by atoms with Crippen LogP contribution in [-0.2, 0) is 0 Å². The number of aryl methyl sites for hydroxylation is 2. The highest BCUT2D eigenvalue weighted by molar-refractivity contribution is 5.95. The normalized spacial score (nSPS) is 11.6. The van der Waals surface area contributed by atoms with E-state index in [-0.39, 0.29) is 5.82 Å². The van der Waals surface area contributed by atoms with E-state index in [1.807, 2.05) is 0 Å². The molecule has 0 spiro atoms. The molecule has 3 heterocycles. The van der Waals surface area contributed by atoms with Crippen molar-refractivity contribution in [1.82, 2.24) is 24.1 Å². The standard InChI is InChI=1S/C22H18FN5/c1-13-4-10-18(11-5-13)28-15(3)14(2)19-21(28)24-12-27-22(19)25-20(26-27)16-6-8-17(23)9-7-16/h4-12H,1-3H3. The van der Waals surface area contributed by atoms with Crippen molar-refractivity contribution in [3.05, 3.63) is 77.5 Å². The Balaban J connectivity index is 1.77. The van der Waals surface area contributed by atoms with Gasteiger partial charge in [0.1, 0.15) is 12.1 Å². The number of hydrogen-bond donors (Lipinski definition) is 0. The fourth-order valence-electron chi connectivity index (χ4n) is 3.59. The molecule has 0 fully saturated rings. The fourth-order valence-corrected chi connectivity index (χ4v) is 3.59. The summed E-state index contributed by atoms with van der Waals surface area (Å²) >= 11 is 0. The summed E-state index contributed by atoms with van der Waals surface area (Å²) in [6.45, 7) is 6.24. The lowest BCUT2D eigenvalue weighted by Crippen LogP contribution is -1.99. The van der Waals surface area contributed by atoms with Gasteiger partial charge in [0.15, 0.2) is 17.1 Å². The van der Waals surface area contributed by atoms with Crippen LogP contribution in [0, 0.1) is 26.6 Å². The average molecular weight is 371 g/mol. The number of halogens is 1. The molecular weight excluding hydrogens is 353 g/mol. The van der Waals surface area contributed by atoms with Gasteiger partial charge >= 0.3 is 0 Å². The molecule has 6 heteroatoms. The van der Waals surface area contributed by atoms with Crippen molar-refractivity contribution in [2.75, 3.05) is 0 Å². The molecule has 3 aromatic heterocycles. The van der Waals surface area contributed by atoms with E-state index in [1.54, 1.807) is 23.0 Å². The molecule has 28 heavy (non-hydrogen) atoms. The highest BCUT2D eigenvalue weighted by atomic mass is 19.1. The minimum Gasteiger partial charge on any atom is -0.298 e. The number of fused-ring (bicyclic) bond motifs is 3. The number of hydrogen-bond acceptors (Lipinski definition) is 3.